The zero-order valence-electron chi connectivity index (χ0n) is 16.1. The Hall–Kier alpha value is -2.03. The molecule has 2 aliphatic rings. The number of carbonyl (C=O) groups excluding carboxylic acids is 1. The van der Waals surface area contributed by atoms with E-state index in [0.717, 1.165) is 24.5 Å². The monoisotopic (exact) mass is 430 g/mol. The second-order valence-corrected chi connectivity index (χ2v) is 9.78. The van der Waals surface area contributed by atoms with E-state index in [1.165, 1.54) is 11.0 Å². The minimum atomic E-state index is -4.30. The predicted molar refractivity (Wildman–Crippen MR) is 104 cm³/mol. The maximum absolute atomic E-state index is 13.3. The second-order valence-electron chi connectivity index (χ2n) is 7.85. The van der Waals surface area contributed by atoms with Gasteiger partial charge in [-0.05, 0) is 37.2 Å². The van der Waals surface area contributed by atoms with Gasteiger partial charge in [-0.15, -0.1) is 0 Å². The molecule has 5 nitrogen and oxygen atoms in total. The largest absolute Gasteiger partial charge is 0.391 e. The van der Waals surface area contributed by atoms with Crippen molar-refractivity contribution in [3.8, 4) is 0 Å². The van der Waals surface area contributed by atoms with Gasteiger partial charge in [-0.1, -0.05) is 36.4 Å². The van der Waals surface area contributed by atoms with Crippen molar-refractivity contribution in [3.63, 3.8) is 0 Å². The van der Waals surface area contributed by atoms with Gasteiger partial charge in [-0.3, -0.25) is 0 Å². The van der Waals surface area contributed by atoms with E-state index in [1.807, 2.05) is 0 Å². The molecule has 0 radical (unpaired) electrons. The fourth-order valence-corrected chi connectivity index (χ4v) is 4.18. The summed E-state index contributed by atoms with van der Waals surface area (Å²) in [6.07, 6.45) is -0.353. The Kier molecular flexibility index (Phi) is 6.26. The van der Waals surface area contributed by atoms with Gasteiger partial charge in [0.15, 0.2) is 9.84 Å². The SMILES string of the molecule is CS(=O)(=O)/C=C/[C@@H](NC(=O)N1CC[C@H](C(F)(F)F)C[C@@H]1c1ccccc1)C1CC1. The first-order chi connectivity index (χ1) is 13.5. The third kappa shape index (κ3) is 5.98. The molecule has 9 heteroatoms. The van der Waals surface area contributed by atoms with E-state index in [1.54, 1.807) is 30.3 Å². The molecular formula is C20H25F3N2O3S. The molecule has 1 aliphatic heterocycles. The number of nitrogens with one attached hydrogen (secondary N) is 1. The highest BCUT2D eigenvalue weighted by Gasteiger charge is 2.46. The third-order valence-corrected chi connectivity index (χ3v) is 6.12. The van der Waals surface area contributed by atoms with E-state index in [-0.39, 0.29) is 25.3 Å². The summed E-state index contributed by atoms with van der Waals surface area (Å²) in [6.45, 7) is -0.0112. The van der Waals surface area contributed by atoms with Gasteiger partial charge in [-0.25, -0.2) is 13.2 Å². The number of sulfone groups is 1. The number of carbonyl (C=O) groups is 1. The molecule has 0 aromatic heterocycles. The smallest absolute Gasteiger partial charge is 0.331 e. The number of rotatable bonds is 5. The number of benzene rings is 1. The summed E-state index contributed by atoms with van der Waals surface area (Å²) in [5.41, 5.74) is 0.659. The molecule has 1 saturated carbocycles. The van der Waals surface area contributed by atoms with Crippen LogP contribution in [0.25, 0.3) is 0 Å². The molecule has 1 saturated heterocycles. The van der Waals surface area contributed by atoms with E-state index < -0.39 is 40.0 Å². The molecule has 160 valence electrons. The lowest BCUT2D eigenvalue weighted by Crippen LogP contribution is -2.50. The van der Waals surface area contributed by atoms with Gasteiger partial charge in [0.2, 0.25) is 0 Å². The van der Waals surface area contributed by atoms with Gasteiger partial charge in [0.25, 0.3) is 0 Å². The number of amides is 2. The molecule has 0 unspecified atom stereocenters. The fraction of sp³-hybridized carbons (Fsp3) is 0.550. The Morgan fingerprint density at radius 1 is 1.21 bits per heavy atom. The zero-order chi connectivity index (χ0) is 21.2. The Labute approximate surface area is 168 Å². The number of alkyl halides is 3. The lowest BCUT2D eigenvalue weighted by molar-refractivity contribution is -0.188. The molecular weight excluding hydrogens is 405 g/mol. The number of likely N-dealkylation sites (tertiary alicyclic amines) is 1. The van der Waals surface area contributed by atoms with E-state index >= 15 is 0 Å². The Morgan fingerprint density at radius 3 is 2.41 bits per heavy atom. The van der Waals surface area contributed by atoms with E-state index in [4.69, 9.17) is 0 Å². The van der Waals surface area contributed by atoms with Crippen LogP contribution in [0, 0.1) is 11.8 Å². The molecule has 1 N–H and O–H groups in total. The molecule has 3 atom stereocenters. The average molecular weight is 430 g/mol. The number of urea groups is 1. The van der Waals surface area contributed by atoms with Crippen molar-refractivity contribution in [2.45, 2.75) is 43.9 Å². The van der Waals surface area contributed by atoms with Crippen molar-refractivity contribution in [1.29, 1.82) is 0 Å². The minimum absolute atomic E-state index is 0.0112. The number of halogens is 3. The van der Waals surface area contributed by atoms with Crippen LogP contribution in [0.4, 0.5) is 18.0 Å². The normalized spacial score (nSPS) is 24.5. The van der Waals surface area contributed by atoms with E-state index in [9.17, 15) is 26.4 Å². The van der Waals surface area contributed by atoms with Gasteiger partial charge in [-0.2, -0.15) is 13.2 Å². The number of hydrogen-bond acceptors (Lipinski definition) is 3. The van der Waals surface area contributed by atoms with E-state index in [2.05, 4.69) is 5.32 Å². The fourth-order valence-electron chi connectivity index (χ4n) is 3.73. The maximum atomic E-state index is 13.3. The van der Waals surface area contributed by atoms with Crippen LogP contribution in [0.2, 0.25) is 0 Å². The summed E-state index contributed by atoms with van der Waals surface area (Å²) < 4.78 is 62.8. The minimum Gasteiger partial charge on any atom is -0.331 e. The molecule has 1 aliphatic carbocycles. The van der Waals surface area contributed by atoms with Crippen LogP contribution < -0.4 is 5.32 Å². The summed E-state index contributed by atoms with van der Waals surface area (Å²) in [5.74, 6) is -1.30. The summed E-state index contributed by atoms with van der Waals surface area (Å²) in [7, 11) is -3.33. The van der Waals surface area contributed by atoms with Crippen LogP contribution in [0.3, 0.4) is 0 Å². The van der Waals surface area contributed by atoms with Crippen LogP contribution in [0.5, 0.6) is 0 Å². The third-order valence-electron chi connectivity index (χ3n) is 5.46. The summed E-state index contributed by atoms with van der Waals surface area (Å²) >= 11 is 0. The van der Waals surface area contributed by atoms with Crippen molar-refractivity contribution >= 4 is 15.9 Å². The number of piperidine rings is 1. The molecule has 2 fully saturated rings. The van der Waals surface area contributed by atoms with Crippen LogP contribution in [0.1, 0.15) is 37.3 Å². The zero-order valence-corrected chi connectivity index (χ0v) is 16.9. The van der Waals surface area contributed by atoms with Gasteiger partial charge >= 0.3 is 12.2 Å². The molecule has 1 aromatic carbocycles. The van der Waals surface area contributed by atoms with Crippen molar-refractivity contribution in [1.82, 2.24) is 10.2 Å². The molecule has 1 aromatic rings. The van der Waals surface area contributed by atoms with Gasteiger partial charge in [0, 0.05) is 18.2 Å². The van der Waals surface area contributed by atoms with Crippen LogP contribution in [-0.2, 0) is 9.84 Å². The van der Waals surface area contributed by atoms with E-state index in [0.29, 0.717) is 5.56 Å². The summed E-state index contributed by atoms with van der Waals surface area (Å²) in [5, 5.41) is 3.90. The van der Waals surface area contributed by atoms with Gasteiger partial charge in [0.05, 0.1) is 18.0 Å². The highest BCUT2D eigenvalue weighted by atomic mass is 32.2. The molecule has 3 rings (SSSR count). The van der Waals surface area contributed by atoms with Crippen molar-refractivity contribution in [2.24, 2.45) is 11.8 Å². The molecule has 0 spiro atoms. The molecule has 29 heavy (non-hydrogen) atoms. The quantitative estimate of drug-likeness (QED) is 0.767. The van der Waals surface area contributed by atoms with Crippen LogP contribution in [-0.4, -0.2) is 44.4 Å². The Morgan fingerprint density at radius 2 is 1.86 bits per heavy atom. The molecule has 0 bridgehead atoms. The Bertz CT molecular complexity index is 851. The lowest BCUT2D eigenvalue weighted by Gasteiger charge is -2.40. The standard InChI is InChI=1S/C20H25F3N2O3S/c1-29(27,28)12-10-17(14-7-8-14)24-19(26)25-11-9-16(20(21,22)23)13-18(25)15-5-3-2-4-6-15/h2-6,10,12,14,16-18H,7-9,11,13H2,1H3,(H,24,26)/b12-10+/t16-,17+,18+/m0/s1. The maximum Gasteiger partial charge on any atom is 0.391 e. The van der Waals surface area contributed by atoms with Crippen LogP contribution >= 0.6 is 0 Å². The van der Waals surface area contributed by atoms with Crippen molar-refractivity contribution in [2.75, 3.05) is 12.8 Å². The first-order valence-corrected chi connectivity index (χ1v) is 11.6. The first-order valence-electron chi connectivity index (χ1n) is 9.61. The van der Waals surface area contributed by atoms with Gasteiger partial charge < -0.3 is 10.2 Å². The second kappa shape index (κ2) is 8.38. The van der Waals surface area contributed by atoms with Crippen molar-refractivity contribution < 1.29 is 26.4 Å². The van der Waals surface area contributed by atoms with Crippen LogP contribution in [0.15, 0.2) is 41.8 Å². The number of nitrogens with zero attached hydrogens (tertiary/aromatic N) is 1. The van der Waals surface area contributed by atoms with Gasteiger partial charge in [0.1, 0.15) is 0 Å². The first kappa shape index (κ1) is 21.7. The topological polar surface area (TPSA) is 66.5 Å². The molecule has 1 heterocycles. The molecule has 2 amide bonds. The average Bonchev–Trinajstić information content (AvgIpc) is 3.49. The predicted octanol–water partition coefficient (Wildman–Crippen LogP) is 4.05. The number of hydrogen-bond donors (Lipinski definition) is 1. The Balaban J connectivity index is 1.79. The summed E-state index contributed by atoms with van der Waals surface area (Å²) in [6, 6.07) is 7.11. The summed E-state index contributed by atoms with van der Waals surface area (Å²) in [4.78, 5) is 14.4. The van der Waals surface area contributed by atoms with Crippen molar-refractivity contribution in [3.05, 3.63) is 47.4 Å². The highest BCUT2D eigenvalue weighted by molar-refractivity contribution is 7.93. The highest BCUT2D eigenvalue weighted by Crippen LogP contribution is 2.42. The lowest BCUT2D eigenvalue weighted by atomic mass is 9.87.